The molecule has 2 heterocycles. The summed E-state index contributed by atoms with van der Waals surface area (Å²) in [6, 6.07) is 22.5. The molecule has 0 unspecified atom stereocenters. The van der Waals surface area contributed by atoms with Crippen molar-refractivity contribution in [2.24, 2.45) is 0 Å². The number of anilines is 2. The van der Waals surface area contributed by atoms with Gasteiger partial charge in [-0.05, 0) is 43.3 Å². The molecular weight excluding hydrogens is 470 g/mol. The van der Waals surface area contributed by atoms with Gasteiger partial charge in [-0.1, -0.05) is 53.3 Å². The van der Waals surface area contributed by atoms with Crippen molar-refractivity contribution < 1.29 is 18.8 Å². The highest BCUT2D eigenvalue weighted by molar-refractivity contribution is 7.99. The van der Waals surface area contributed by atoms with E-state index in [2.05, 4.69) is 10.1 Å². The summed E-state index contributed by atoms with van der Waals surface area (Å²) in [7, 11) is 0. The predicted molar refractivity (Wildman–Crippen MR) is 129 cm³/mol. The van der Waals surface area contributed by atoms with Crippen LogP contribution in [-0.4, -0.2) is 28.6 Å². The Morgan fingerprint density at radius 3 is 2.29 bits per heavy atom. The Balaban J connectivity index is 1.31. The van der Waals surface area contributed by atoms with Crippen LogP contribution in [0, 0.1) is 6.92 Å². The van der Waals surface area contributed by atoms with Crippen molar-refractivity contribution in [2.75, 3.05) is 11.5 Å². The van der Waals surface area contributed by atoms with Crippen LogP contribution >= 0.6 is 23.5 Å². The molecule has 1 aliphatic heterocycles. The third kappa shape index (κ3) is 4.57. The second-order valence-corrected chi connectivity index (χ2v) is 9.46. The van der Waals surface area contributed by atoms with E-state index >= 15 is 0 Å². The van der Waals surface area contributed by atoms with Crippen LogP contribution < -0.4 is 4.90 Å². The standard InChI is InChI=1S/C25H19N3O4S2/c1-16-26-23(32-27-16)15-33-20-11-5-2-8-17(20)25(30)31-14-24(29)28-18-9-3-6-12-21(18)34-22-13-7-4-10-19(22)28/h2-13H,14-15H2,1H3. The molecule has 34 heavy (non-hydrogen) atoms. The smallest absolute Gasteiger partial charge is 0.339 e. The van der Waals surface area contributed by atoms with E-state index in [0.29, 0.717) is 27.9 Å². The molecule has 0 fully saturated rings. The summed E-state index contributed by atoms with van der Waals surface area (Å²) < 4.78 is 10.6. The van der Waals surface area contributed by atoms with E-state index < -0.39 is 5.97 Å². The van der Waals surface area contributed by atoms with Crippen LogP contribution in [0.2, 0.25) is 0 Å². The molecule has 4 aromatic rings. The Bertz CT molecular complexity index is 1330. The zero-order valence-electron chi connectivity index (χ0n) is 18.1. The number of amides is 1. The molecule has 3 aromatic carbocycles. The molecule has 0 saturated carbocycles. The normalized spacial score (nSPS) is 12.1. The number of aryl methyl sites for hydroxylation is 1. The summed E-state index contributed by atoms with van der Waals surface area (Å²) in [6.07, 6.45) is 0. The highest BCUT2D eigenvalue weighted by Crippen LogP contribution is 2.47. The molecule has 0 atom stereocenters. The first-order valence-electron chi connectivity index (χ1n) is 10.5. The number of fused-ring (bicyclic) bond motifs is 2. The van der Waals surface area contributed by atoms with Gasteiger partial charge in [0.15, 0.2) is 12.4 Å². The number of rotatable bonds is 6. The average Bonchev–Trinajstić information content (AvgIpc) is 3.29. The third-order valence-electron chi connectivity index (χ3n) is 5.04. The SMILES string of the molecule is Cc1noc(CSc2ccccc2C(=O)OCC(=O)N2c3ccccc3Sc3ccccc32)n1. The van der Waals surface area contributed by atoms with E-state index in [4.69, 9.17) is 9.26 Å². The van der Waals surface area contributed by atoms with Gasteiger partial charge in [0.05, 0.1) is 22.7 Å². The Labute approximate surface area is 204 Å². The highest BCUT2D eigenvalue weighted by atomic mass is 32.2. The number of esters is 1. The lowest BCUT2D eigenvalue weighted by atomic mass is 10.2. The van der Waals surface area contributed by atoms with Gasteiger partial charge < -0.3 is 9.26 Å². The minimum atomic E-state index is -0.564. The summed E-state index contributed by atoms with van der Waals surface area (Å²) in [5.41, 5.74) is 1.93. The lowest BCUT2D eigenvalue weighted by Gasteiger charge is -2.30. The van der Waals surface area contributed by atoms with Gasteiger partial charge >= 0.3 is 5.97 Å². The van der Waals surface area contributed by atoms with Crippen molar-refractivity contribution in [3.63, 3.8) is 0 Å². The summed E-state index contributed by atoms with van der Waals surface area (Å²) in [5.74, 6) is 0.566. The molecule has 7 nitrogen and oxygen atoms in total. The van der Waals surface area contributed by atoms with Crippen molar-refractivity contribution in [2.45, 2.75) is 27.4 Å². The summed E-state index contributed by atoms with van der Waals surface area (Å²) in [5, 5.41) is 3.78. The number of carbonyl (C=O) groups excluding carboxylic acids is 2. The fourth-order valence-electron chi connectivity index (χ4n) is 3.54. The zero-order valence-corrected chi connectivity index (χ0v) is 19.8. The van der Waals surface area contributed by atoms with Crippen molar-refractivity contribution in [1.82, 2.24) is 10.1 Å². The number of hydrogen-bond donors (Lipinski definition) is 0. The molecule has 0 bridgehead atoms. The van der Waals surface area contributed by atoms with E-state index in [1.165, 1.54) is 11.8 Å². The predicted octanol–water partition coefficient (Wildman–Crippen LogP) is 5.66. The lowest BCUT2D eigenvalue weighted by molar-refractivity contribution is -0.121. The van der Waals surface area contributed by atoms with Crippen LogP contribution in [0.4, 0.5) is 11.4 Å². The monoisotopic (exact) mass is 489 g/mol. The molecule has 1 amide bonds. The first-order chi connectivity index (χ1) is 16.6. The number of hydrogen-bond acceptors (Lipinski definition) is 8. The molecule has 1 aliphatic rings. The van der Waals surface area contributed by atoms with Crippen LogP contribution in [0.15, 0.2) is 92.0 Å². The number of nitrogens with zero attached hydrogens (tertiary/aromatic N) is 3. The fourth-order valence-corrected chi connectivity index (χ4v) is 5.48. The number of carbonyl (C=O) groups is 2. The molecule has 0 N–H and O–H groups in total. The Morgan fingerprint density at radius 2 is 1.62 bits per heavy atom. The van der Waals surface area contributed by atoms with Crippen molar-refractivity contribution >= 4 is 46.8 Å². The van der Waals surface area contributed by atoms with Gasteiger partial charge in [-0.3, -0.25) is 9.69 Å². The molecule has 9 heteroatoms. The van der Waals surface area contributed by atoms with Gasteiger partial charge in [0.25, 0.3) is 5.91 Å². The second-order valence-electron chi connectivity index (χ2n) is 7.36. The molecule has 170 valence electrons. The van der Waals surface area contributed by atoms with Gasteiger partial charge in [-0.15, -0.1) is 11.8 Å². The van der Waals surface area contributed by atoms with Crippen molar-refractivity contribution in [1.29, 1.82) is 0 Å². The summed E-state index contributed by atoms with van der Waals surface area (Å²) in [6.45, 7) is 1.37. The molecule has 0 radical (unpaired) electrons. The van der Waals surface area contributed by atoms with Crippen molar-refractivity contribution in [3.8, 4) is 0 Å². The van der Waals surface area contributed by atoms with Crippen molar-refractivity contribution in [3.05, 3.63) is 90.1 Å². The molecule has 5 rings (SSSR count). The molecular formula is C25H19N3O4S2. The van der Waals surface area contributed by atoms with E-state index in [0.717, 1.165) is 21.2 Å². The van der Waals surface area contributed by atoms with E-state index in [9.17, 15) is 9.59 Å². The first kappa shape index (κ1) is 22.2. The number of ether oxygens (including phenoxy) is 1. The average molecular weight is 490 g/mol. The molecule has 0 spiro atoms. The summed E-state index contributed by atoms with van der Waals surface area (Å²) in [4.78, 5) is 34.6. The topological polar surface area (TPSA) is 85.5 Å². The minimum Gasteiger partial charge on any atom is -0.452 e. The number of aromatic nitrogens is 2. The van der Waals surface area contributed by atoms with E-state index in [1.54, 1.807) is 35.7 Å². The number of para-hydroxylation sites is 2. The highest BCUT2D eigenvalue weighted by Gasteiger charge is 2.28. The second kappa shape index (κ2) is 9.74. The van der Waals surface area contributed by atoms with Gasteiger partial charge in [0.1, 0.15) is 0 Å². The van der Waals surface area contributed by atoms with Crippen LogP contribution in [0.25, 0.3) is 0 Å². The van der Waals surface area contributed by atoms with E-state index in [1.807, 2.05) is 60.7 Å². The van der Waals surface area contributed by atoms with Gasteiger partial charge in [-0.25, -0.2) is 4.79 Å². The van der Waals surface area contributed by atoms with Crippen LogP contribution in [0.1, 0.15) is 22.1 Å². The first-order valence-corrected chi connectivity index (χ1v) is 12.3. The Morgan fingerprint density at radius 1 is 0.971 bits per heavy atom. The molecule has 1 aromatic heterocycles. The largest absolute Gasteiger partial charge is 0.452 e. The number of benzene rings is 3. The van der Waals surface area contributed by atoms with Crippen LogP contribution in [0.3, 0.4) is 0 Å². The Hall–Kier alpha value is -3.56. The van der Waals surface area contributed by atoms with Crippen LogP contribution in [-0.2, 0) is 15.3 Å². The quantitative estimate of drug-likeness (QED) is 0.253. The van der Waals surface area contributed by atoms with Gasteiger partial charge in [0, 0.05) is 14.7 Å². The fraction of sp³-hybridized carbons (Fsp3) is 0.120. The van der Waals surface area contributed by atoms with Gasteiger partial charge in [-0.2, -0.15) is 4.98 Å². The minimum absolute atomic E-state index is 0.319. The number of thioether (sulfide) groups is 1. The van der Waals surface area contributed by atoms with E-state index in [-0.39, 0.29) is 12.5 Å². The third-order valence-corrected chi connectivity index (χ3v) is 7.22. The van der Waals surface area contributed by atoms with Crippen LogP contribution in [0.5, 0.6) is 0 Å². The molecule has 0 saturated heterocycles. The lowest BCUT2D eigenvalue weighted by Crippen LogP contribution is -2.32. The maximum atomic E-state index is 13.3. The van der Waals surface area contributed by atoms with Gasteiger partial charge in [0.2, 0.25) is 5.89 Å². The Kier molecular flexibility index (Phi) is 6.37. The summed E-state index contributed by atoms with van der Waals surface area (Å²) >= 11 is 3.00. The zero-order chi connectivity index (χ0) is 23.5. The molecule has 0 aliphatic carbocycles. The maximum Gasteiger partial charge on any atom is 0.339 e. The maximum absolute atomic E-state index is 13.3.